The van der Waals surface area contributed by atoms with Crippen molar-refractivity contribution in [2.24, 2.45) is 0 Å². The topological polar surface area (TPSA) is 63.6 Å². The molecule has 0 spiro atoms. The largest absolute Gasteiger partial charge is 0.467 e. The minimum atomic E-state index is -4.50. The van der Waals surface area contributed by atoms with Crippen molar-refractivity contribution in [2.45, 2.75) is 12.4 Å². The summed E-state index contributed by atoms with van der Waals surface area (Å²) >= 11 is 0. The van der Waals surface area contributed by atoms with Gasteiger partial charge < -0.3 is 4.74 Å². The molecule has 0 heterocycles. The lowest BCUT2D eigenvalue weighted by molar-refractivity contribution is 0.285. The number of benzene rings is 1. The van der Waals surface area contributed by atoms with Crippen molar-refractivity contribution >= 4 is 10.1 Å². The fourth-order valence-electron chi connectivity index (χ4n) is 1.06. The van der Waals surface area contributed by atoms with Crippen molar-refractivity contribution in [2.75, 3.05) is 0 Å². The van der Waals surface area contributed by atoms with Gasteiger partial charge in [-0.2, -0.15) is 8.42 Å². The Labute approximate surface area is 93.1 Å². The standard InChI is InChI=1S/C10H11FO4S/c1-8(7-11)10(16(12,13)14)15-9-5-3-2-4-6-9/h2-7,10H,1H3,(H,12,13,14)/b8-7+. The maximum atomic E-state index is 12.3. The van der Waals surface area contributed by atoms with E-state index in [0.717, 1.165) is 0 Å². The third kappa shape index (κ3) is 3.32. The minimum Gasteiger partial charge on any atom is -0.467 e. The molecule has 4 nitrogen and oxygen atoms in total. The zero-order valence-electron chi connectivity index (χ0n) is 8.50. The summed E-state index contributed by atoms with van der Waals surface area (Å²) in [4.78, 5) is 0. The number of halogens is 1. The second kappa shape index (κ2) is 5.09. The highest BCUT2D eigenvalue weighted by molar-refractivity contribution is 7.86. The fraction of sp³-hybridized carbons (Fsp3) is 0.200. The van der Waals surface area contributed by atoms with Crippen molar-refractivity contribution in [3.8, 4) is 5.75 Å². The van der Waals surface area contributed by atoms with Gasteiger partial charge in [0.25, 0.3) is 0 Å². The molecule has 0 amide bonds. The van der Waals surface area contributed by atoms with Crippen LogP contribution in [0.3, 0.4) is 0 Å². The Kier molecular flexibility index (Phi) is 4.03. The molecule has 88 valence electrons. The highest BCUT2D eigenvalue weighted by Gasteiger charge is 2.27. The van der Waals surface area contributed by atoms with Gasteiger partial charge in [0.05, 0.1) is 6.33 Å². The molecular weight excluding hydrogens is 235 g/mol. The molecule has 0 saturated carbocycles. The zero-order valence-corrected chi connectivity index (χ0v) is 9.32. The minimum absolute atomic E-state index is 0.0847. The molecule has 6 heteroatoms. The highest BCUT2D eigenvalue weighted by atomic mass is 32.2. The molecule has 0 saturated heterocycles. The van der Waals surface area contributed by atoms with Gasteiger partial charge >= 0.3 is 10.1 Å². The normalized spacial score (nSPS) is 14.6. The van der Waals surface area contributed by atoms with Crippen LogP contribution in [0.1, 0.15) is 6.92 Å². The molecule has 0 radical (unpaired) electrons. The van der Waals surface area contributed by atoms with Crippen LogP contribution in [0.4, 0.5) is 4.39 Å². The Morgan fingerprint density at radius 2 is 2.00 bits per heavy atom. The van der Waals surface area contributed by atoms with E-state index in [4.69, 9.17) is 9.29 Å². The number of rotatable bonds is 4. The average Bonchev–Trinajstić information content (AvgIpc) is 2.25. The molecule has 16 heavy (non-hydrogen) atoms. The van der Waals surface area contributed by atoms with Gasteiger partial charge in [0.1, 0.15) is 5.75 Å². The molecular formula is C10H11FO4S. The number of para-hydroxylation sites is 1. The Balaban J connectivity index is 2.98. The van der Waals surface area contributed by atoms with Gasteiger partial charge in [-0.3, -0.25) is 4.55 Å². The monoisotopic (exact) mass is 246 g/mol. The first kappa shape index (κ1) is 12.7. The van der Waals surface area contributed by atoms with Gasteiger partial charge in [-0.05, 0) is 19.1 Å². The van der Waals surface area contributed by atoms with Gasteiger partial charge in [-0.25, -0.2) is 4.39 Å². The third-order valence-electron chi connectivity index (χ3n) is 1.80. The molecule has 0 fully saturated rings. The third-order valence-corrected chi connectivity index (χ3v) is 2.81. The summed E-state index contributed by atoms with van der Waals surface area (Å²) in [6.07, 6.45) is 0.0847. The van der Waals surface area contributed by atoms with Crippen LogP contribution in [0.2, 0.25) is 0 Å². The van der Waals surface area contributed by atoms with Crippen LogP contribution in [0.5, 0.6) is 5.75 Å². The lowest BCUT2D eigenvalue weighted by Crippen LogP contribution is -2.28. The van der Waals surface area contributed by atoms with Crippen LogP contribution in [-0.2, 0) is 10.1 Å². The molecule has 1 aromatic rings. The molecule has 1 N–H and O–H groups in total. The second-order valence-electron chi connectivity index (χ2n) is 3.13. The Hall–Kier alpha value is -1.40. The summed E-state index contributed by atoms with van der Waals surface area (Å²) < 4.78 is 48.0. The molecule has 1 aromatic carbocycles. The van der Waals surface area contributed by atoms with Gasteiger partial charge in [-0.15, -0.1) is 0 Å². The van der Waals surface area contributed by atoms with E-state index >= 15 is 0 Å². The average molecular weight is 246 g/mol. The molecule has 0 aliphatic rings. The smallest absolute Gasteiger partial charge is 0.307 e. The maximum Gasteiger partial charge on any atom is 0.307 e. The van der Waals surface area contributed by atoms with Crippen molar-refractivity contribution in [1.29, 1.82) is 0 Å². The van der Waals surface area contributed by atoms with Crippen molar-refractivity contribution < 1.29 is 22.1 Å². The Bertz CT molecular complexity index is 467. The van der Waals surface area contributed by atoms with Crippen molar-refractivity contribution in [1.82, 2.24) is 0 Å². The fourth-order valence-corrected chi connectivity index (χ4v) is 1.82. The molecule has 1 rings (SSSR count). The Morgan fingerprint density at radius 1 is 1.44 bits per heavy atom. The number of hydrogen-bond acceptors (Lipinski definition) is 3. The molecule has 0 aromatic heterocycles. The maximum absolute atomic E-state index is 12.3. The van der Waals surface area contributed by atoms with E-state index in [2.05, 4.69) is 0 Å². The van der Waals surface area contributed by atoms with E-state index < -0.39 is 15.6 Å². The van der Waals surface area contributed by atoms with Gasteiger partial charge in [0.15, 0.2) is 0 Å². The predicted molar refractivity (Wildman–Crippen MR) is 57.3 cm³/mol. The number of hydrogen-bond donors (Lipinski definition) is 1. The molecule has 0 aliphatic carbocycles. The first-order valence-corrected chi connectivity index (χ1v) is 5.90. The Morgan fingerprint density at radius 3 is 2.44 bits per heavy atom. The predicted octanol–water partition coefficient (Wildman–Crippen LogP) is 2.15. The summed E-state index contributed by atoms with van der Waals surface area (Å²) in [6.45, 7) is 1.21. The lowest BCUT2D eigenvalue weighted by Gasteiger charge is -2.15. The lowest BCUT2D eigenvalue weighted by atomic mass is 10.3. The quantitative estimate of drug-likeness (QED) is 0.827. The summed E-state index contributed by atoms with van der Waals surface area (Å²) in [5.74, 6) is 0.228. The number of ether oxygens (including phenoxy) is 1. The molecule has 1 atom stereocenters. The van der Waals surface area contributed by atoms with E-state index in [-0.39, 0.29) is 17.7 Å². The van der Waals surface area contributed by atoms with Gasteiger partial charge in [0, 0.05) is 5.57 Å². The van der Waals surface area contributed by atoms with Crippen molar-refractivity contribution in [3.63, 3.8) is 0 Å². The summed E-state index contributed by atoms with van der Waals surface area (Å²) in [7, 11) is -4.50. The van der Waals surface area contributed by atoms with E-state index in [0.29, 0.717) is 0 Å². The van der Waals surface area contributed by atoms with Gasteiger partial charge in [-0.1, -0.05) is 18.2 Å². The van der Waals surface area contributed by atoms with Crippen LogP contribution in [0.15, 0.2) is 42.2 Å². The van der Waals surface area contributed by atoms with Crippen LogP contribution in [0, 0.1) is 0 Å². The summed E-state index contributed by atoms with van der Waals surface area (Å²) in [5, 5.41) is 0. The van der Waals surface area contributed by atoms with Crippen LogP contribution >= 0.6 is 0 Å². The van der Waals surface area contributed by atoms with E-state index in [1.807, 2.05) is 0 Å². The van der Waals surface area contributed by atoms with E-state index in [1.165, 1.54) is 19.1 Å². The van der Waals surface area contributed by atoms with Crippen LogP contribution in [0.25, 0.3) is 0 Å². The summed E-state index contributed by atoms with van der Waals surface area (Å²) in [6, 6.07) is 7.98. The van der Waals surface area contributed by atoms with Crippen molar-refractivity contribution in [3.05, 3.63) is 42.2 Å². The zero-order chi connectivity index (χ0) is 12.2. The highest BCUT2D eigenvalue weighted by Crippen LogP contribution is 2.18. The summed E-state index contributed by atoms with van der Waals surface area (Å²) in [5.41, 5.74) is -1.95. The first-order valence-electron chi connectivity index (χ1n) is 4.40. The molecule has 0 bridgehead atoms. The second-order valence-corrected chi connectivity index (χ2v) is 4.59. The first-order chi connectivity index (χ1) is 7.45. The van der Waals surface area contributed by atoms with E-state index in [9.17, 15) is 12.8 Å². The van der Waals surface area contributed by atoms with Crippen LogP contribution < -0.4 is 4.74 Å². The van der Waals surface area contributed by atoms with Crippen LogP contribution in [-0.4, -0.2) is 18.4 Å². The van der Waals surface area contributed by atoms with Gasteiger partial charge in [0.2, 0.25) is 5.44 Å². The van der Waals surface area contributed by atoms with E-state index in [1.54, 1.807) is 18.2 Å². The SMILES string of the molecule is C/C(=C\F)C(Oc1ccccc1)S(=O)(=O)O. The molecule has 0 aliphatic heterocycles. The molecule has 1 unspecified atom stereocenters.